The van der Waals surface area contributed by atoms with Gasteiger partial charge in [-0.1, -0.05) is 117 Å². The van der Waals surface area contributed by atoms with Gasteiger partial charge in [-0.15, -0.1) is 0 Å². The molecule has 28 heavy (non-hydrogen) atoms. The minimum absolute atomic E-state index is 0.402. The molecule has 0 aromatic rings. The quantitative estimate of drug-likeness (QED) is 0.171. The van der Waals surface area contributed by atoms with E-state index in [0.717, 1.165) is 32.5 Å². The lowest BCUT2D eigenvalue weighted by Gasteiger charge is -2.11. The van der Waals surface area contributed by atoms with E-state index < -0.39 is 6.10 Å². The highest BCUT2D eigenvalue weighted by Gasteiger charge is 2.04. The van der Waals surface area contributed by atoms with Gasteiger partial charge in [0.1, 0.15) is 6.10 Å². The van der Waals surface area contributed by atoms with Crippen molar-refractivity contribution in [2.45, 2.75) is 136 Å². The van der Waals surface area contributed by atoms with Gasteiger partial charge in [0.25, 0.3) is 0 Å². The smallest absolute Gasteiger partial charge is 0.101 e. The molecule has 0 aliphatic heterocycles. The van der Waals surface area contributed by atoms with E-state index >= 15 is 0 Å². The molecule has 0 aromatic heterocycles. The zero-order valence-corrected chi connectivity index (χ0v) is 19.4. The summed E-state index contributed by atoms with van der Waals surface area (Å²) < 4.78 is 10.9. The Hall–Kier alpha value is -0.120. The van der Waals surface area contributed by atoms with Gasteiger partial charge in [-0.05, 0) is 12.8 Å². The summed E-state index contributed by atoms with van der Waals surface area (Å²) in [4.78, 5) is 0. The molecular formula is C25H52O3. The Morgan fingerprint density at radius 1 is 0.464 bits per heavy atom. The summed E-state index contributed by atoms with van der Waals surface area (Å²) >= 11 is 0. The van der Waals surface area contributed by atoms with Crippen LogP contribution in [0.1, 0.15) is 129 Å². The average Bonchev–Trinajstić information content (AvgIpc) is 2.70. The van der Waals surface area contributed by atoms with Crippen LogP contribution in [0.5, 0.6) is 0 Å². The van der Waals surface area contributed by atoms with Crippen LogP contribution in [0.3, 0.4) is 0 Å². The van der Waals surface area contributed by atoms with Crippen LogP contribution < -0.4 is 0 Å². The molecule has 1 N–H and O–H groups in total. The summed E-state index contributed by atoms with van der Waals surface area (Å²) in [7, 11) is 0. The van der Waals surface area contributed by atoms with Crippen molar-refractivity contribution < 1.29 is 14.6 Å². The molecule has 0 amide bonds. The van der Waals surface area contributed by atoms with Crippen LogP contribution in [0.15, 0.2) is 0 Å². The molecule has 3 nitrogen and oxygen atoms in total. The molecule has 0 fully saturated rings. The van der Waals surface area contributed by atoms with E-state index in [4.69, 9.17) is 9.47 Å². The third kappa shape index (κ3) is 23.9. The van der Waals surface area contributed by atoms with Crippen molar-refractivity contribution in [2.75, 3.05) is 26.4 Å². The van der Waals surface area contributed by atoms with Crippen LogP contribution in [-0.4, -0.2) is 37.6 Å². The van der Waals surface area contributed by atoms with Crippen molar-refractivity contribution in [3.63, 3.8) is 0 Å². The fraction of sp³-hybridized carbons (Fsp3) is 1.00. The van der Waals surface area contributed by atoms with E-state index in [0.29, 0.717) is 13.2 Å². The molecule has 1 unspecified atom stereocenters. The molecule has 1 atom stereocenters. The molecule has 0 rings (SSSR count). The second-order valence-electron chi connectivity index (χ2n) is 8.46. The number of hydrogen-bond donors (Lipinski definition) is 1. The van der Waals surface area contributed by atoms with Crippen molar-refractivity contribution in [1.82, 2.24) is 0 Å². The Labute approximate surface area is 177 Å². The van der Waals surface area contributed by atoms with Crippen molar-refractivity contribution >= 4 is 0 Å². The highest BCUT2D eigenvalue weighted by Crippen LogP contribution is 2.13. The van der Waals surface area contributed by atoms with Gasteiger partial charge in [-0.25, -0.2) is 0 Å². The van der Waals surface area contributed by atoms with E-state index in [9.17, 15) is 5.11 Å². The summed E-state index contributed by atoms with van der Waals surface area (Å²) in [6.07, 6.45) is 23.9. The standard InChI is InChI=1S/C25H52O3/c1-3-5-7-8-9-10-11-12-13-14-15-16-17-18-19-20-22-28-24-25(26)23-27-21-6-4-2/h25-26H,3-24H2,1-2H3. The highest BCUT2D eigenvalue weighted by atomic mass is 16.5. The van der Waals surface area contributed by atoms with Crippen molar-refractivity contribution in [1.29, 1.82) is 0 Å². The molecule has 0 saturated heterocycles. The summed E-state index contributed by atoms with van der Waals surface area (Å²) in [6, 6.07) is 0. The largest absolute Gasteiger partial charge is 0.388 e. The zero-order valence-electron chi connectivity index (χ0n) is 19.4. The van der Waals surface area contributed by atoms with Gasteiger partial charge in [0.2, 0.25) is 0 Å². The first-order chi connectivity index (χ1) is 13.8. The van der Waals surface area contributed by atoms with Gasteiger partial charge in [0.15, 0.2) is 0 Å². The van der Waals surface area contributed by atoms with Crippen molar-refractivity contribution in [3.05, 3.63) is 0 Å². The molecule has 0 spiro atoms. The number of rotatable bonds is 24. The molecule has 0 aromatic carbocycles. The van der Waals surface area contributed by atoms with Crippen molar-refractivity contribution in [2.24, 2.45) is 0 Å². The van der Waals surface area contributed by atoms with E-state index in [2.05, 4.69) is 13.8 Å². The topological polar surface area (TPSA) is 38.7 Å². The summed E-state index contributed by atoms with van der Waals surface area (Å²) in [6.45, 7) is 6.75. The minimum atomic E-state index is -0.474. The van der Waals surface area contributed by atoms with E-state index in [1.807, 2.05) is 0 Å². The maximum Gasteiger partial charge on any atom is 0.101 e. The fourth-order valence-electron chi connectivity index (χ4n) is 3.49. The predicted octanol–water partition coefficient (Wildman–Crippen LogP) is 7.44. The Balaban J connectivity index is 3.06. The lowest BCUT2D eigenvalue weighted by molar-refractivity contribution is -0.0199. The number of unbranched alkanes of at least 4 members (excludes halogenated alkanes) is 16. The maximum absolute atomic E-state index is 9.73. The van der Waals surface area contributed by atoms with Gasteiger partial charge >= 0.3 is 0 Å². The first-order valence-corrected chi connectivity index (χ1v) is 12.6. The third-order valence-electron chi connectivity index (χ3n) is 5.40. The number of ether oxygens (including phenoxy) is 2. The van der Waals surface area contributed by atoms with E-state index in [1.54, 1.807) is 0 Å². The van der Waals surface area contributed by atoms with Gasteiger partial charge in [0, 0.05) is 13.2 Å². The second-order valence-corrected chi connectivity index (χ2v) is 8.46. The minimum Gasteiger partial charge on any atom is -0.388 e. The van der Waals surface area contributed by atoms with Crippen LogP contribution in [0.2, 0.25) is 0 Å². The van der Waals surface area contributed by atoms with Gasteiger partial charge in [-0.3, -0.25) is 0 Å². The Morgan fingerprint density at radius 3 is 1.18 bits per heavy atom. The van der Waals surface area contributed by atoms with Crippen LogP contribution >= 0.6 is 0 Å². The van der Waals surface area contributed by atoms with Crippen LogP contribution in [0.25, 0.3) is 0 Å². The third-order valence-corrected chi connectivity index (χ3v) is 5.40. The van der Waals surface area contributed by atoms with Crippen LogP contribution in [0, 0.1) is 0 Å². The molecular weight excluding hydrogens is 348 g/mol. The number of aliphatic hydroxyl groups is 1. The monoisotopic (exact) mass is 400 g/mol. The first kappa shape index (κ1) is 27.9. The molecule has 0 bridgehead atoms. The Bertz CT molecular complexity index is 271. The fourth-order valence-corrected chi connectivity index (χ4v) is 3.49. The Kier molecular flexibility index (Phi) is 24.8. The molecule has 0 saturated carbocycles. The highest BCUT2D eigenvalue weighted by molar-refractivity contribution is 4.53. The lowest BCUT2D eigenvalue weighted by Crippen LogP contribution is -2.22. The van der Waals surface area contributed by atoms with E-state index in [-0.39, 0.29) is 0 Å². The predicted molar refractivity (Wildman–Crippen MR) is 122 cm³/mol. The van der Waals surface area contributed by atoms with Crippen LogP contribution in [0.4, 0.5) is 0 Å². The second kappa shape index (κ2) is 24.9. The molecule has 0 heterocycles. The number of aliphatic hydroxyl groups excluding tert-OH is 1. The summed E-state index contributed by atoms with van der Waals surface area (Å²) in [5.41, 5.74) is 0. The van der Waals surface area contributed by atoms with Crippen LogP contribution in [-0.2, 0) is 9.47 Å². The molecule has 0 aliphatic rings. The molecule has 3 heteroatoms. The van der Waals surface area contributed by atoms with Gasteiger partial charge in [-0.2, -0.15) is 0 Å². The first-order valence-electron chi connectivity index (χ1n) is 12.6. The summed E-state index contributed by atoms with van der Waals surface area (Å²) in [5, 5.41) is 9.73. The van der Waals surface area contributed by atoms with Gasteiger partial charge < -0.3 is 14.6 Å². The van der Waals surface area contributed by atoms with Crippen molar-refractivity contribution in [3.8, 4) is 0 Å². The molecule has 0 radical (unpaired) electrons. The summed E-state index contributed by atoms with van der Waals surface area (Å²) in [5.74, 6) is 0. The Morgan fingerprint density at radius 2 is 0.786 bits per heavy atom. The maximum atomic E-state index is 9.73. The number of hydrogen-bond acceptors (Lipinski definition) is 3. The SMILES string of the molecule is CCCCCCCCCCCCCCCCCCOCC(O)COCCCC. The average molecular weight is 401 g/mol. The van der Waals surface area contributed by atoms with Gasteiger partial charge in [0.05, 0.1) is 13.2 Å². The normalized spacial score (nSPS) is 12.5. The zero-order chi connectivity index (χ0) is 20.5. The molecule has 0 aliphatic carbocycles. The lowest BCUT2D eigenvalue weighted by atomic mass is 10.0. The molecule has 170 valence electrons. The van der Waals surface area contributed by atoms with E-state index in [1.165, 1.54) is 96.3 Å².